The van der Waals surface area contributed by atoms with Gasteiger partial charge < -0.3 is 13.9 Å². The molecule has 3 aromatic rings. The highest BCUT2D eigenvalue weighted by Gasteiger charge is 2.15. The van der Waals surface area contributed by atoms with Crippen LogP contribution in [0.1, 0.15) is 40.7 Å². The number of nitrogens with one attached hydrogen (secondary N) is 2. The van der Waals surface area contributed by atoms with E-state index in [1.165, 1.54) is 7.11 Å². The Kier molecular flexibility index (Phi) is 6.16. The van der Waals surface area contributed by atoms with Crippen molar-refractivity contribution in [1.82, 2.24) is 10.9 Å². The second-order valence-corrected chi connectivity index (χ2v) is 6.12. The maximum atomic E-state index is 12.3. The van der Waals surface area contributed by atoms with Crippen LogP contribution in [-0.2, 0) is 0 Å². The summed E-state index contributed by atoms with van der Waals surface area (Å²) >= 11 is 0. The van der Waals surface area contributed by atoms with Crippen molar-refractivity contribution in [3.63, 3.8) is 0 Å². The lowest BCUT2D eigenvalue weighted by Gasteiger charge is -2.12. The zero-order valence-electron chi connectivity index (χ0n) is 15.8. The molecule has 0 aliphatic rings. The Hall–Kier alpha value is -3.48. The van der Waals surface area contributed by atoms with Crippen molar-refractivity contribution in [3.05, 3.63) is 59.9 Å². The van der Waals surface area contributed by atoms with Crippen LogP contribution in [0, 0.1) is 0 Å². The molecule has 3 rings (SSSR count). The summed E-state index contributed by atoms with van der Waals surface area (Å²) in [6.07, 6.45) is 1.95. The number of rotatable bonds is 7. The molecule has 2 amide bonds. The molecule has 0 saturated heterocycles. The summed E-state index contributed by atoms with van der Waals surface area (Å²) in [5, 5.41) is 0.808. The molecule has 146 valence electrons. The average Bonchev–Trinajstić information content (AvgIpc) is 3.16. The molecule has 0 spiro atoms. The largest absolute Gasteiger partial charge is 0.493 e. The van der Waals surface area contributed by atoms with Crippen molar-refractivity contribution in [2.24, 2.45) is 0 Å². The molecule has 2 N–H and O–H groups in total. The maximum absolute atomic E-state index is 12.3. The van der Waals surface area contributed by atoms with Gasteiger partial charge in [-0.3, -0.25) is 20.4 Å². The molecule has 0 saturated carbocycles. The third-order valence-corrected chi connectivity index (χ3v) is 4.12. The standard InChI is InChI=1S/C21H22N2O5/c1-3-4-11-27-17-10-9-15(13-18(17)26-2)20(24)22-23-21(25)19-12-14-7-5-6-8-16(14)28-19/h5-10,12-13H,3-4,11H2,1-2H3,(H,22,24)(H,23,25). The van der Waals surface area contributed by atoms with Crippen molar-refractivity contribution in [1.29, 1.82) is 0 Å². The van der Waals surface area contributed by atoms with Gasteiger partial charge in [0.2, 0.25) is 0 Å². The first-order chi connectivity index (χ1) is 13.6. The predicted octanol–water partition coefficient (Wildman–Crippen LogP) is 3.70. The maximum Gasteiger partial charge on any atom is 0.305 e. The van der Waals surface area contributed by atoms with E-state index in [0.717, 1.165) is 18.2 Å². The van der Waals surface area contributed by atoms with Crippen LogP contribution in [0.4, 0.5) is 0 Å². The first kappa shape index (κ1) is 19.3. The molecule has 7 nitrogen and oxygen atoms in total. The molecule has 1 aromatic heterocycles. The summed E-state index contributed by atoms with van der Waals surface area (Å²) in [7, 11) is 1.51. The van der Waals surface area contributed by atoms with Crippen molar-refractivity contribution in [2.45, 2.75) is 19.8 Å². The number of methoxy groups -OCH3 is 1. The van der Waals surface area contributed by atoms with Gasteiger partial charge in [-0.1, -0.05) is 31.5 Å². The zero-order valence-corrected chi connectivity index (χ0v) is 15.8. The quantitative estimate of drug-likeness (QED) is 0.480. The van der Waals surface area contributed by atoms with Crippen LogP contribution >= 0.6 is 0 Å². The minimum atomic E-state index is -0.545. The van der Waals surface area contributed by atoms with E-state index in [9.17, 15) is 9.59 Å². The summed E-state index contributed by atoms with van der Waals surface area (Å²) < 4.78 is 16.4. The average molecular weight is 382 g/mol. The van der Waals surface area contributed by atoms with Crippen molar-refractivity contribution in [2.75, 3.05) is 13.7 Å². The normalized spacial score (nSPS) is 10.5. The molecular formula is C21H22N2O5. The number of carbonyl (C=O) groups excluding carboxylic acids is 2. The van der Waals surface area contributed by atoms with Crippen LogP contribution in [0.3, 0.4) is 0 Å². The highest BCUT2D eigenvalue weighted by molar-refractivity contribution is 6.00. The summed E-state index contributed by atoms with van der Waals surface area (Å²) in [5.41, 5.74) is 5.64. The number of para-hydroxylation sites is 1. The van der Waals surface area contributed by atoms with Gasteiger partial charge in [-0.25, -0.2) is 0 Å². The fourth-order valence-electron chi connectivity index (χ4n) is 2.60. The summed E-state index contributed by atoms with van der Waals surface area (Å²) in [4.78, 5) is 24.5. The Balaban J connectivity index is 1.63. The highest BCUT2D eigenvalue weighted by atomic mass is 16.5. The number of unbranched alkanes of at least 4 members (excludes halogenated alkanes) is 1. The first-order valence-electron chi connectivity index (χ1n) is 9.02. The lowest BCUT2D eigenvalue weighted by molar-refractivity contribution is 0.0832. The molecule has 0 unspecified atom stereocenters. The van der Waals surface area contributed by atoms with E-state index in [2.05, 4.69) is 17.8 Å². The number of carbonyl (C=O) groups is 2. The van der Waals surface area contributed by atoms with Crippen molar-refractivity contribution >= 4 is 22.8 Å². The molecule has 0 fully saturated rings. The number of amides is 2. The third-order valence-electron chi connectivity index (χ3n) is 4.12. The van der Waals surface area contributed by atoms with Gasteiger partial charge in [-0.05, 0) is 36.8 Å². The molecule has 0 radical (unpaired) electrons. The smallest absolute Gasteiger partial charge is 0.305 e. The lowest BCUT2D eigenvalue weighted by Crippen LogP contribution is -2.41. The van der Waals surface area contributed by atoms with Crippen molar-refractivity contribution < 1.29 is 23.5 Å². The lowest BCUT2D eigenvalue weighted by atomic mass is 10.2. The van der Waals surface area contributed by atoms with Crippen LogP contribution in [0.5, 0.6) is 11.5 Å². The Morgan fingerprint density at radius 3 is 2.54 bits per heavy atom. The molecule has 7 heteroatoms. The predicted molar refractivity (Wildman–Crippen MR) is 105 cm³/mol. The molecule has 0 aliphatic heterocycles. The van der Waals surface area contributed by atoms with Crippen LogP contribution in [0.2, 0.25) is 0 Å². The highest BCUT2D eigenvalue weighted by Crippen LogP contribution is 2.28. The minimum Gasteiger partial charge on any atom is -0.493 e. The fourth-order valence-corrected chi connectivity index (χ4v) is 2.60. The van der Waals surface area contributed by atoms with E-state index in [-0.39, 0.29) is 5.76 Å². The van der Waals surface area contributed by atoms with E-state index in [1.54, 1.807) is 30.3 Å². The molecule has 0 aliphatic carbocycles. The summed E-state index contributed by atoms with van der Waals surface area (Å²) in [6, 6.07) is 13.7. The van der Waals surface area contributed by atoms with Gasteiger partial charge >= 0.3 is 5.91 Å². The SMILES string of the molecule is CCCCOc1ccc(C(=O)NNC(=O)c2cc3ccccc3o2)cc1OC. The molecule has 2 aromatic carbocycles. The molecular weight excluding hydrogens is 360 g/mol. The monoisotopic (exact) mass is 382 g/mol. The van der Waals surface area contributed by atoms with Crippen LogP contribution in [0.25, 0.3) is 11.0 Å². The van der Waals surface area contributed by atoms with E-state index in [1.807, 2.05) is 18.2 Å². The van der Waals surface area contributed by atoms with Crippen molar-refractivity contribution in [3.8, 4) is 11.5 Å². The molecule has 0 bridgehead atoms. The Morgan fingerprint density at radius 2 is 1.79 bits per heavy atom. The summed E-state index contributed by atoms with van der Waals surface area (Å²) in [5.74, 6) is 0.101. The third kappa shape index (κ3) is 4.43. The summed E-state index contributed by atoms with van der Waals surface area (Å²) in [6.45, 7) is 2.65. The molecule has 28 heavy (non-hydrogen) atoms. The number of hydrogen-bond acceptors (Lipinski definition) is 5. The van der Waals surface area contributed by atoms with Gasteiger partial charge in [0, 0.05) is 10.9 Å². The van der Waals surface area contributed by atoms with E-state index >= 15 is 0 Å². The molecule has 0 atom stereocenters. The number of furan rings is 1. The second-order valence-electron chi connectivity index (χ2n) is 6.12. The van der Waals surface area contributed by atoms with Crippen LogP contribution in [0.15, 0.2) is 52.9 Å². The topological polar surface area (TPSA) is 89.8 Å². The van der Waals surface area contributed by atoms with Crippen LogP contribution in [-0.4, -0.2) is 25.5 Å². The van der Waals surface area contributed by atoms with Crippen LogP contribution < -0.4 is 20.3 Å². The van der Waals surface area contributed by atoms with Gasteiger partial charge in [0.15, 0.2) is 17.3 Å². The number of ether oxygens (including phenoxy) is 2. The van der Waals surface area contributed by atoms with E-state index in [0.29, 0.717) is 29.3 Å². The number of hydrazine groups is 1. The first-order valence-corrected chi connectivity index (χ1v) is 9.02. The fraction of sp³-hybridized carbons (Fsp3) is 0.238. The number of benzene rings is 2. The van der Waals surface area contributed by atoms with Gasteiger partial charge in [0.1, 0.15) is 5.58 Å². The van der Waals surface area contributed by atoms with Gasteiger partial charge in [0.25, 0.3) is 5.91 Å². The second kappa shape index (κ2) is 8.94. The Morgan fingerprint density at radius 1 is 1.00 bits per heavy atom. The Bertz CT molecular complexity index is 947. The van der Waals surface area contributed by atoms with Gasteiger partial charge in [-0.2, -0.15) is 0 Å². The Labute approximate surface area is 162 Å². The van der Waals surface area contributed by atoms with E-state index in [4.69, 9.17) is 13.9 Å². The minimum absolute atomic E-state index is 0.110. The number of hydrogen-bond donors (Lipinski definition) is 2. The van der Waals surface area contributed by atoms with Gasteiger partial charge in [-0.15, -0.1) is 0 Å². The zero-order chi connectivity index (χ0) is 19.9. The molecule has 1 heterocycles. The van der Waals surface area contributed by atoms with Gasteiger partial charge in [0.05, 0.1) is 13.7 Å². The van der Waals surface area contributed by atoms with E-state index < -0.39 is 11.8 Å². The number of fused-ring (bicyclic) bond motifs is 1.